The molecule has 2 heterocycles. The van der Waals surface area contributed by atoms with E-state index in [9.17, 15) is 14.4 Å². The van der Waals surface area contributed by atoms with E-state index in [4.69, 9.17) is 15.0 Å². The number of hydrogen-bond donors (Lipinski definition) is 1. The maximum absolute atomic E-state index is 11.9. The first-order valence-electron chi connectivity index (χ1n) is 6.66. The third-order valence-corrected chi connectivity index (χ3v) is 3.33. The molecule has 10 heteroatoms. The van der Waals surface area contributed by atoms with Crippen molar-refractivity contribution in [1.82, 2.24) is 9.55 Å². The number of H-pyrrole nitrogens is 1. The number of nitrogens with one attached hydrogen (secondary N) is 1. The van der Waals surface area contributed by atoms with E-state index in [2.05, 4.69) is 15.0 Å². The molecular weight excluding hydrogens is 294 g/mol. The van der Waals surface area contributed by atoms with E-state index in [1.807, 2.05) is 6.92 Å². The molecule has 22 heavy (non-hydrogen) atoms. The Morgan fingerprint density at radius 1 is 1.59 bits per heavy atom. The van der Waals surface area contributed by atoms with Gasteiger partial charge in [-0.25, -0.2) is 4.79 Å². The summed E-state index contributed by atoms with van der Waals surface area (Å²) < 4.78 is 12.0. The Morgan fingerprint density at radius 2 is 2.32 bits per heavy atom. The second-order valence-corrected chi connectivity index (χ2v) is 4.76. The Hall–Kier alpha value is -2.58. The largest absolute Gasteiger partial charge is 0.457 e. The van der Waals surface area contributed by atoms with E-state index in [0.717, 1.165) is 10.6 Å². The summed E-state index contributed by atoms with van der Waals surface area (Å²) in [6.07, 6.45) is -0.705. The van der Waals surface area contributed by atoms with Crippen molar-refractivity contribution < 1.29 is 14.3 Å². The maximum Gasteiger partial charge on any atom is 0.330 e. The fourth-order valence-electron chi connectivity index (χ4n) is 2.43. The quantitative estimate of drug-likeness (QED) is 0.372. The zero-order valence-electron chi connectivity index (χ0n) is 12.0. The van der Waals surface area contributed by atoms with Crippen molar-refractivity contribution in [2.75, 3.05) is 0 Å². The fraction of sp³-hybridized carbons (Fsp3) is 0.583. The van der Waals surface area contributed by atoms with Crippen LogP contribution in [0.4, 0.5) is 0 Å². The van der Waals surface area contributed by atoms with Crippen LogP contribution in [0.15, 0.2) is 27.0 Å². The first-order valence-corrected chi connectivity index (χ1v) is 6.66. The van der Waals surface area contributed by atoms with Crippen LogP contribution in [0.3, 0.4) is 0 Å². The molecule has 1 fully saturated rings. The lowest BCUT2D eigenvalue weighted by Crippen LogP contribution is -2.39. The SMILES string of the molecule is CC[C@H]1O[C@@H](n2ccc(=O)[nH]c2=O)[C@H](OC(C)=O)[C@@H]1N=[N+]=[N-]. The Balaban J connectivity index is 2.47. The van der Waals surface area contributed by atoms with Gasteiger partial charge < -0.3 is 9.47 Å². The van der Waals surface area contributed by atoms with Crippen molar-refractivity contribution in [2.45, 2.75) is 44.7 Å². The van der Waals surface area contributed by atoms with E-state index in [0.29, 0.717) is 6.42 Å². The molecule has 0 aromatic carbocycles. The molecule has 0 aliphatic carbocycles. The number of carbonyl (C=O) groups excluding carboxylic acids is 1. The normalized spacial score (nSPS) is 27.2. The van der Waals surface area contributed by atoms with E-state index in [1.54, 1.807) is 0 Å². The summed E-state index contributed by atoms with van der Waals surface area (Å²) in [6.45, 7) is 3.02. The molecule has 0 saturated carbocycles. The topological polar surface area (TPSA) is 139 Å². The molecule has 2 rings (SSSR count). The highest BCUT2D eigenvalue weighted by atomic mass is 16.6. The molecule has 118 valence electrons. The highest BCUT2D eigenvalue weighted by Crippen LogP contribution is 2.34. The minimum atomic E-state index is -0.978. The van der Waals surface area contributed by atoms with Gasteiger partial charge in [0, 0.05) is 24.1 Å². The summed E-state index contributed by atoms with van der Waals surface area (Å²) in [7, 11) is 0. The Morgan fingerprint density at radius 3 is 2.86 bits per heavy atom. The van der Waals surface area contributed by atoms with Crippen molar-refractivity contribution >= 4 is 5.97 Å². The van der Waals surface area contributed by atoms with Crippen LogP contribution >= 0.6 is 0 Å². The average Bonchev–Trinajstić information content (AvgIpc) is 2.77. The maximum atomic E-state index is 11.9. The highest BCUT2D eigenvalue weighted by Gasteiger charge is 2.46. The highest BCUT2D eigenvalue weighted by molar-refractivity contribution is 5.66. The predicted octanol–water partition coefficient (Wildman–Crippen LogP) is 0.455. The zero-order valence-corrected chi connectivity index (χ0v) is 12.0. The Kier molecular flexibility index (Phi) is 4.64. The number of esters is 1. The summed E-state index contributed by atoms with van der Waals surface area (Å²) in [4.78, 5) is 39.2. The van der Waals surface area contributed by atoms with Crippen LogP contribution in [0.5, 0.6) is 0 Å². The van der Waals surface area contributed by atoms with Gasteiger partial charge in [0.15, 0.2) is 12.3 Å². The van der Waals surface area contributed by atoms with Crippen molar-refractivity contribution in [1.29, 1.82) is 0 Å². The number of hydrogen-bond acceptors (Lipinski definition) is 6. The Labute approximate surface area is 124 Å². The van der Waals surface area contributed by atoms with Crippen LogP contribution in [0, 0.1) is 0 Å². The molecule has 0 spiro atoms. The average molecular weight is 309 g/mol. The second kappa shape index (κ2) is 6.46. The number of nitrogens with zero attached hydrogens (tertiary/aromatic N) is 4. The molecule has 0 bridgehead atoms. The molecule has 1 aromatic heterocycles. The summed E-state index contributed by atoms with van der Waals surface area (Å²) in [5.41, 5.74) is 7.43. The van der Waals surface area contributed by atoms with Crippen LogP contribution in [0.25, 0.3) is 10.4 Å². The molecule has 0 amide bonds. The van der Waals surface area contributed by atoms with Gasteiger partial charge in [0.2, 0.25) is 0 Å². The summed E-state index contributed by atoms with van der Waals surface area (Å²) in [5.74, 6) is -0.592. The summed E-state index contributed by atoms with van der Waals surface area (Å²) in [6, 6.07) is 0.389. The number of azide groups is 1. The van der Waals surface area contributed by atoms with E-state index < -0.39 is 41.7 Å². The van der Waals surface area contributed by atoms with Crippen molar-refractivity contribution in [3.05, 3.63) is 43.5 Å². The molecule has 1 aliphatic rings. The smallest absolute Gasteiger partial charge is 0.330 e. The van der Waals surface area contributed by atoms with Gasteiger partial charge in [-0.15, -0.1) is 0 Å². The van der Waals surface area contributed by atoms with Gasteiger partial charge in [0.25, 0.3) is 5.56 Å². The number of ether oxygens (including phenoxy) is 2. The monoisotopic (exact) mass is 309 g/mol. The molecule has 0 radical (unpaired) electrons. The lowest BCUT2D eigenvalue weighted by molar-refractivity contribution is -0.152. The van der Waals surface area contributed by atoms with Gasteiger partial charge in [-0.2, -0.15) is 0 Å². The number of aromatic amines is 1. The third-order valence-electron chi connectivity index (χ3n) is 3.33. The van der Waals surface area contributed by atoms with E-state index >= 15 is 0 Å². The zero-order chi connectivity index (χ0) is 16.3. The molecular formula is C12H15N5O5. The van der Waals surface area contributed by atoms with Gasteiger partial charge in [0.1, 0.15) is 6.04 Å². The van der Waals surface area contributed by atoms with Crippen molar-refractivity contribution in [2.24, 2.45) is 5.11 Å². The lowest BCUT2D eigenvalue weighted by atomic mass is 10.1. The van der Waals surface area contributed by atoms with Crippen LogP contribution in [-0.4, -0.2) is 33.8 Å². The summed E-state index contributed by atoms with van der Waals surface area (Å²) in [5, 5.41) is 3.62. The first kappa shape index (κ1) is 15.8. The minimum absolute atomic E-state index is 0.496. The van der Waals surface area contributed by atoms with Crippen molar-refractivity contribution in [3.63, 3.8) is 0 Å². The van der Waals surface area contributed by atoms with Crippen molar-refractivity contribution in [3.8, 4) is 0 Å². The molecule has 0 unspecified atom stereocenters. The third kappa shape index (κ3) is 3.02. The predicted molar refractivity (Wildman–Crippen MR) is 74.0 cm³/mol. The summed E-state index contributed by atoms with van der Waals surface area (Å²) >= 11 is 0. The molecule has 10 nitrogen and oxygen atoms in total. The van der Waals surface area contributed by atoms with Gasteiger partial charge in [-0.1, -0.05) is 12.0 Å². The number of carbonyl (C=O) groups is 1. The lowest BCUT2D eigenvalue weighted by Gasteiger charge is -2.21. The van der Waals surface area contributed by atoms with Gasteiger partial charge in [-0.3, -0.25) is 19.1 Å². The standard InChI is InChI=1S/C12H15N5O5/c1-3-7-9(15-16-13)10(21-6(2)18)11(22-7)17-5-4-8(19)14-12(17)20/h4-5,7,9-11H,3H2,1-2H3,(H,14,19,20)/t7-,9-,10-,11-/m1/s1. The minimum Gasteiger partial charge on any atom is -0.457 e. The number of aromatic nitrogens is 2. The van der Waals surface area contributed by atoms with Crippen LogP contribution < -0.4 is 11.2 Å². The Bertz CT molecular complexity index is 719. The van der Waals surface area contributed by atoms with Crippen LogP contribution in [0.1, 0.15) is 26.5 Å². The fourth-order valence-corrected chi connectivity index (χ4v) is 2.43. The van der Waals surface area contributed by atoms with E-state index in [-0.39, 0.29) is 0 Å². The molecule has 1 saturated heterocycles. The van der Waals surface area contributed by atoms with Gasteiger partial charge in [-0.05, 0) is 12.0 Å². The molecule has 1 aliphatic heterocycles. The van der Waals surface area contributed by atoms with Crippen LogP contribution in [0.2, 0.25) is 0 Å². The van der Waals surface area contributed by atoms with Gasteiger partial charge in [0.05, 0.1) is 6.10 Å². The molecule has 1 aromatic rings. The number of rotatable bonds is 4. The van der Waals surface area contributed by atoms with Crippen LogP contribution in [-0.2, 0) is 14.3 Å². The van der Waals surface area contributed by atoms with Gasteiger partial charge >= 0.3 is 11.7 Å². The second-order valence-electron chi connectivity index (χ2n) is 4.76. The van der Waals surface area contributed by atoms with E-state index in [1.165, 1.54) is 13.1 Å². The molecule has 4 atom stereocenters. The molecule has 1 N–H and O–H groups in total. The first-order chi connectivity index (χ1) is 10.5.